The van der Waals surface area contributed by atoms with Gasteiger partial charge in [0.1, 0.15) is 11.6 Å². The lowest BCUT2D eigenvalue weighted by atomic mass is 10.1. The van der Waals surface area contributed by atoms with Crippen LogP contribution in [-0.2, 0) is 0 Å². The van der Waals surface area contributed by atoms with Crippen molar-refractivity contribution >= 4 is 5.82 Å². The Hall–Kier alpha value is -1.40. The summed E-state index contributed by atoms with van der Waals surface area (Å²) in [6, 6.07) is 2.06. The molecule has 1 saturated heterocycles. The second-order valence-electron chi connectivity index (χ2n) is 5.96. The predicted octanol–water partition coefficient (Wildman–Crippen LogP) is 0.753. The number of aromatic amines is 1. The summed E-state index contributed by atoms with van der Waals surface area (Å²) in [4.78, 5) is 23.8. The van der Waals surface area contributed by atoms with Crippen molar-refractivity contribution in [1.82, 2.24) is 14.9 Å². The summed E-state index contributed by atoms with van der Waals surface area (Å²) in [5.41, 5.74) is 5.75. The van der Waals surface area contributed by atoms with Gasteiger partial charge in [-0.15, -0.1) is 0 Å². The molecule has 0 spiro atoms. The van der Waals surface area contributed by atoms with Crippen LogP contribution >= 0.6 is 0 Å². The number of hydrogen-bond donors (Lipinski definition) is 2. The number of aromatic nitrogens is 2. The normalized spacial score (nSPS) is 18.2. The van der Waals surface area contributed by atoms with Crippen LogP contribution in [0.3, 0.4) is 0 Å². The molecular formula is C15H27N5O. The van der Waals surface area contributed by atoms with Gasteiger partial charge in [0, 0.05) is 50.7 Å². The monoisotopic (exact) mass is 293 g/mol. The SMILES string of the molecule is CCC(CN)N1CCN(c2cc(=O)[nH]c(C(C)C)n2)CC1. The molecule has 0 radical (unpaired) electrons. The maximum atomic E-state index is 11.8. The largest absolute Gasteiger partial charge is 0.354 e. The van der Waals surface area contributed by atoms with Crippen LogP contribution in [0.1, 0.15) is 38.9 Å². The number of nitrogens with one attached hydrogen (secondary N) is 1. The zero-order valence-electron chi connectivity index (χ0n) is 13.3. The van der Waals surface area contributed by atoms with Gasteiger partial charge in [-0.2, -0.15) is 0 Å². The van der Waals surface area contributed by atoms with Gasteiger partial charge in [0.2, 0.25) is 0 Å². The molecule has 2 heterocycles. The number of rotatable bonds is 5. The fraction of sp³-hybridized carbons (Fsp3) is 0.733. The number of H-pyrrole nitrogens is 1. The van der Waals surface area contributed by atoms with E-state index < -0.39 is 0 Å². The van der Waals surface area contributed by atoms with Crippen molar-refractivity contribution in [3.8, 4) is 0 Å². The van der Waals surface area contributed by atoms with Crippen LogP contribution in [0, 0.1) is 0 Å². The number of anilines is 1. The van der Waals surface area contributed by atoms with Gasteiger partial charge in [0.25, 0.3) is 5.56 Å². The van der Waals surface area contributed by atoms with E-state index in [2.05, 4.69) is 26.7 Å². The molecule has 0 aliphatic carbocycles. The minimum absolute atomic E-state index is 0.0699. The molecule has 1 aromatic heterocycles. The fourth-order valence-corrected chi connectivity index (χ4v) is 2.79. The molecule has 1 unspecified atom stereocenters. The molecule has 6 heteroatoms. The molecule has 118 valence electrons. The van der Waals surface area contributed by atoms with E-state index in [1.165, 1.54) is 0 Å². The average molecular weight is 293 g/mol. The van der Waals surface area contributed by atoms with Crippen molar-refractivity contribution in [1.29, 1.82) is 0 Å². The van der Waals surface area contributed by atoms with Gasteiger partial charge in [-0.05, 0) is 6.42 Å². The molecule has 1 aromatic rings. The lowest BCUT2D eigenvalue weighted by Crippen LogP contribution is -2.52. The summed E-state index contributed by atoms with van der Waals surface area (Å²) in [7, 11) is 0. The lowest BCUT2D eigenvalue weighted by molar-refractivity contribution is 0.184. The summed E-state index contributed by atoms with van der Waals surface area (Å²) in [5.74, 6) is 1.77. The molecule has 3 N–H and O–H groups in total. The van der Waals surface area contributed by atoms with Gasteiger partial charge in [0.05, 0.1) is 0 Å². The predicted molar refractivity (Wildman–Crippen MR) is 85.9 cm³/mol. The standard InChI is InChI=1S/C15H27N5O/c1-4-12(10-16)19-5-7-20(8-6-19)13-9-14(21)18-15(17-13)11(2)3/h9,11-12H,4-8,10,16H2,1-3H3,(H,17,18,21). The molecule has 1 fully saturated rings. The fourth-order valence-electron chi connectivity index (χ4n) is 2.79. The van der Waals surface area contributed by atoms with E-state index in [1.54, 1.807) is 6.07 Å². The van der Waals surface area contributed by atoms with Gasteiger partial charge in [-0.3, -0.25) is 9.69 Å². The second kappa shape index (κ2) is 7.04. The summed E-state index contributed by atoms with van der Waals surface area (Å²) in [5, 5.41) is 0. The molecule has 0 bridgehead atoms. The number of piperazine rings is 1. The molecule has 0 aromatic carbocycles. The number of nitrogens with zero attached hydrogens (tertiary/aromatic N) is 3. The van der Waals surface area contributed by atoms with Crippen molar-refractivity contribution in [2.45, 2.75) is 39.2 Å². The zero-order chi connectivity index (χ0) is 15.4. The highest BCUT2D eigenvalue weighted by atomic mass is 16.1. The second-order valence-corrected chi connectivity index (χ2v) is 5.96. The summed E-state index contributed by atoms with van der Waals surface area (Å²) >= 11 is 0. The molecule has 1 atom stereocenters. The van der Waals surface area contributed by atoms with E-state index in [4.69, 9.17) is 5.73 Å². The lowest BCUT2D eigenvalue weighted by Gasteiger charge is -2.39. The molecule has 21 heavy (non-hydrogen) atoms. The third kappa shape index (κ3) is 3.83. The highest BCUT2D eigenvalue weighted by molar-refractivity contribution is 5.38. The number of nitrogens with two attached hydrogens (primary N) is 1. The first-order valence-electron chi connectivity index (χ1n) is 7.85. The first-order valence-corrected chi connectivity index (χ1v) is 7.85. The van der Waals surface area contributed by atoms with Crippen molar-refractivity contribution in [3.63, 3.8) is 0 Å². The van der Waals surface area contributed by atoms with Crippen LogP contribution in [0.15, 0.2) is 10.9 Å². The van der Waals surface area contributed by atoms with Gasteiger partial charge in [0.15, 0.2) is 0 Å². The van der Waals surface area contributed by atoms with Crippen molar-refractivity contribution in [3.05, 3.63) is 22.2 Å². The first-order chi connectivity index (χ1) is 10.0. The van der Waals surface area contributed by atoms with Crippen molar-refractivity contribution in [2.75, 3.05) is 37.6 Å². The molecule has 0 amide bonds. The van der Waals surface area contributed by atoms with Crippen LogP contribution in [0.5, 0.6) is 0 Å². The van der Waals surface area contributed by atoms with E-state index in [-0.39, 0.29) is 11.5 Å². The van der Waals surface area contributed by atoms with Crippen LogP contribution < -0.4 is 16.2 Å². The average Bonchev–Trinajstić information content (AvgIpc) is 2.48. The smallest absolute Gasteiger partial charge is 0.252 e. The molecule has 1 aliphatic rings. The molecule has 0 saturated carbocycles. The topological polar surface area (TPSA) is 78.2 Å². The first kappa shape index (κ1) is 16.0. The van der Waals surface area contributed by atoms with Crippen LogP contribution in [0.2, 0.25) is 0 Å². The Morgan fingerprint density at radius 3 is 2.52 bits per heavy atom. The maximum Gasteiger partial charge on any atom is 0.252 e. The van der Waals surface area contributed by atoms with Gasteiger partial charge < -0.3 is 15.6 Å². The van der Waals surface area contributed by atoms with E-state index in [0.717, 1.165) is 44.2 Å². The minimum atomic E-state index is -0.0699. The Kier molecular flexibility index (Phi) is 5.36. The number of hydrogen-bond acceptors (Lipinski definition) is 5. The third-order valence-electron chi connectivity index (χ3n) is 4.19. The van der Waals surface area contributed by atoms with Crippen LogP contribution in [-0.4, -0.2) is 53.6 Å². The summed E-state index contributed by atoms with van der Waals surface area (Å²) in [6.45, 7) is 10.7. The van der Waals surface area contributed by atoms with Gasteiger partial charge in [-0.25, -0.2) is 4.98 Å². The molecule has 6 nitrogen and oxygen atoms in total. The van der Waals surface area contributed by atoms with Crippen molar-refractivity contribution < 1.29 is 0 Å². The third-order valence-corrected chi connectivity index (χ3v) is 4.19. The Bertz CT molecular complexity index is 501. The summed E-state index contributed by atoms with van der Waals surface area (Å²) in [6.07, 6.45) is 1.08. The summed E-state index contributed by atoms with van der Waals surface area (Å²) < 4.78 is 0. The Morgan fingerprint density at radius 1 is 1.33 bits per heavy atom. The van der Waals surface area contributed by atoms with E-state index in [9.17, 15) is 4.79 Å². The molecular weight excluding hydrogens is 266 g/mol. The van der Waals surface area contributed by atoms with Crippen LogP contribution in [0.25, 0.3) is 0 Å². The van der Waals surface area contributed by atoms with E-state index >= 15 is 0 Å². The van der Waals surface area contributed by atoms with Gasteiger partial charge in [-0.1, -0.05) is 20.8 Å². The maximum absolute atomic E-state index is 11.8. The quantitative estimate of drug-likeness (QED) is 0.838. The highest BCUT2D eigenvalue weighted by Gasteiger charge is 2.23. The minimum Gasteiger partial charge on any atom is -0.354 e. The Balaban J connectivity index is 2.07. The Morgan fingerprint density at radius 2 is 2.00 bits per heavy atom. The zero-order valence-corrected chi connectivity index (χ0v) is 13.3. The van der Waals surface area contributed by atoms with Crippen molar-refractivity contribution in [2.24, 2.45) is 5.73 Å². The van der Waals surface area contributed by atoms with Gasteiger partial charge >= 0.3 is 0 Å². The highest BCUT2D eigenvalue weighted by Crippen LogP contribution is 2.16. The molecule has 1 aliphatic heterocycles. The Labute approximate surface area is 126 Å². The van der Waals surface area contributed by atoms with E-state index in [0.29, 0.717) is 12.6 Å². The van der Waals surface area contributed by atoms with Crippen LogP contribution in [0.4, 0.5) is 5.82 Å². The van der Waals surface area contributed by atoms with E-state index in [1.807, 2.05) is 13.8 Å². The molecule has 2 rings (SSSR count).